The van der Waals surface area contributed by atoms with Gasteiger partial charge in [0.15, 0.2) is 0 Å². The number of likely N-dealkylation sites (tertiary alicyclic amines) is 1. The van der Waals surface area contributed by atoms with Gasteiger partial charge in [-0.25, -0.2) is 9.59 Å². The number of nitrogens with zero attached hydrogens (tertiary/aromatic N) is 3. The largest absolute Gasteiger partial charge is 0.459 e. The zero-order valence-electron chi connectivity index (χ0n) is 27.3. The lowest BCUT2D eigenvalue weighted by Gasteiger charge is -2.38. The number of rotatable bonds is 10. The van der Waals surface area contributed by atoms with Gasteiger partial charge in [0.05, 0.1) is 6.61 Å². The Morgan fingerprint density at radius 3 is 2.23 bits per heavy atom. The maximum absolute atomic E-state index is 14.0. The van der Waals surface area contributed by atoms with Crippen molar-refractivity contribution >= 4 is 29.8 Å². The Bertz CT molecular complexity index is 1130. The van der Waals surface area contributed by atoms with E-state index in [4.69, 9.17) is 9.47 Å². The Balaban J connectivity index is 2.22. The van der Waals surface area contributed by atoms with E-state index in [-0.39, 0.29) is 31.6 Å². The van der Waals surface area contributed by atoms with E-state index in [2.05, 4.69) is 5.32 Å². The minimum Gasteiger partial charge on any atom is -0.459 e. The maximum Gasteiger partial charge on any atom is 0.410 e. The van der Waals surface area contributed by atoms with E-state index in [1.807, 2.05) is 51.1 Å². The summed E-state index contributed by atoms with van der Waals surface area (Å²) in [6.45, 7) is 15.0. The molecular formula is C32H50N4O7. The molecule has 1 fully saturated rings. The van der Waals surface area contributed by atoms with Crippen LogP contribution in [0, 0.1) is 5.41 Å². The first-order valence-corrected chi connectivity index (χ1v) is 15.0. The molecule has 3 atom stereocenters. The molecule has 0 aromatic heterocycles. The van der Waals surface area contributed by atoms with Crippen LogP contribution in [0.15, 0.2) is 30.3 Å². The molecule has 4 amide bonds. The van der Waals surface area contributed by atoms with Gasteiger partial charge in [0.1, 0.15) is 17.7 Å². The minimum atomic E-state index is -0.922. The predicted molar refractivity (Wildman–Crippen MR) is 163 cm³/mol. The molecule has 1 saturated heterocycles. The van der Waals surface area contributed by atoms with Crippen molar-refractivity contribution < 1.29 is 33.4 Å². The summed E-state index contributed by atoms with van der Waals surface area (Å²) in [5, 5.41) is 2.88. The average molecular weight is 603 g/mol. The van der Waals surface area contributed by atoms with Crippen LogP contribution in [0.2, 0.25) is 0 Å². The summed E-state index contributed by atoms with van der Waals surface area (Å²) in [5.74, 6) is -2.42. The van der Waals surface area contributed by atoms with Crippen LogP contribution in [0.3, 0.4) is 0 Å². The van der Waals surface area contributed by atoms with Crippen molar-refractivity contribution in [3.63, 3.8) is 0 Å². The van der Waals surface area contributed by atoms with E-state index >= 15 is 0 Å². The molecule has 11 heteroatoms. The Kier molecular flexibility index (Phi) is 12.6. The Hall–Kier alpha value is -3.63. The van der Waals surface area contributed by atoms with Gasteiger partial charge in [-0.05, 0) is 64.9 Å². The molecule has 2 rings (SSSR count). The summed E-state index contributed by atoms with van der Waals surface area (Å²) in [6, 6.07) is 7.52. The fourth-order valence-corrected chi connectivity index (χ4v) is 4.82. The highest BCUT2D eigenvalue weighted by Crippen LogP contribution is 2.27. The topological polar surface area (TPSA) is 126 Å². The highest BCUT2D eigenvalue weighted by atomic mass is 16.6. The lowest BCUT2D eigenvalue weighted by molar-refractivity contribution is -0.160. The molecule has 0 aliphatic carbocycles. The number of nitrogens with one attached hydrogen (secondary N) is 1. The van der Waals surface area contributed by atoms with Crippen LogP contribution < -0.4 is 5.32 Å². The summed E-state index contributed by atoms with van der Waals surface area (Å²) in [7, 11) is 1.48. The number of likely N-dealkylation sites (N-methyl/N-ethyl adjacent to an activating group) is 1. The molecule has 43 heavy (non-hydrogen) atoms. The van der Waals surface area contributed by atoms with Crippen molar-refractivity contribution in [2.24, 2.45) is 5.41 Å². The van der Waals surface area contributed by atoms with Gasteiger partial charge in [0.25, 0.3) is 0 Å². The van der Waals surface area contributed by atoms with Crippen molar-refractivity contribution in [3.05, 3.63) is 35.9 Å². The number of amides is 4. The molecule has 0 saturated carbocycles. The first-order valence-electron chi connectivity index (χ1n) is 15.0. The lowest BCUT2D eigenvalue weighted by atomic mass is 9.85. The van der Waals surface area contributed by atoms with Crippen molar-refractivity contribution in [2.45, 2.75) is 98.4 Å². The molecule has 1 aromatic rings. The third-order valence-corrected chi connectivity index (χ3v) is 7.38. The van der Waals surface area contributed by atoms with Gasteiger partial charge in [0, 0.05) is 32.7 Å². The number of benzene rings is 1. The van der Waals surface area contributed by atoms with Gasteiger partial charge < -0.3 is 24.6 Å². The van der Waals surface area contributed by atoms with Crippen LogP contribution in [-0.2, 0) is 35.1 Å². The average Bonchev–Trinajstić information content (AvgIpc) is 3.39. The predicted octanol–water partition coefficient (Wildman–Crippen LogP) is 3.40. The summed E-state index contributed by atoms with van der Waals surface area (Å²) in [4.78, 5) is 69.7. The fraction of sp³-hybridized carbons (Fsp3) is 0.656. The molecule has 1 aliphatic rings. The summed E-state index contributed by atoms with van der Waals surface area (Å²) in [6.07, 6.45) is 1.26. The van der Waals surface area contributed by atoms with Gasteiger partial charge >= 0.3 is 18.0 Å². The van der Waals surface area contributed by atoms with E-state index in [0.29, 0.717) is 19.4 Å². The van der Waals surface area contributed by atoms with Crippen LogP contribution in [0.5, 0.6) is 0 Å². The molecule has 11 nitrogen and oxygen atoms in total. The number of esters is 1. The van der Waals surface area contributed by atoms with Crippen LogP contribution in [0.1, 0.15) is 73.8 Å². The van der Waals surface area contributed by atoms with Gasteiger partial charge in [-0.15, -0.1) is 0 Å². The molecule has 1 heterocycles. The van der Waals surface area contributed by atoms with E-state index in [0.717, 1.165) is 12.0 Å². The molecule has 0 spiro atoms. The molecule has 1 aliphatic heterocycles. The van der Waals surface area contributed by atoms with Gasteiger partial charge in [-0.2, -0.15) is 0 Å². The number of hydrogen-bond donors (Lipinski definition) is 1. The Morgan fingerprint density at radius 1 is 1.05 bits per heavy atom. The second-order valence-corrected chi connectivity index (χ2v) is 13.1. The summed E-state index contributed by atoms with van der Waals surface area (Å²) in [5.41, 5.74) is -0.359. The zero-order chi connectivity index (χ0) is 32.5. The second-order valence-electron chi connectivity index (χ2n) is 13.1. The van der Waals surface area contributed by atoms with Crippen LogP contribution in [0.25, 0.3) is 0 Å². The van der Waals surface area contributed by atoms with E-state index in [9.17, 15) is 24.0 Å². The van der Waals surface area contributed by atoms with Crippen LogP contribution >= 0.6 is 0 Å². The Morgan fingerprint density at radius 2 is 1.67 bits per heavy atom. The highest BCUT2D eigenvalue weighted by Gasteiger charge is 2.42. The van der Waals surface area contributed by atoms with Crippen molar-refractivity contribution in [1.82, 2.24) is 20.0 Å². The highest BCUT2D eigenvalue weighted by molar-refractivity contribution is 6.32. The number of carbonyl (C=O) groups is 5. The summed E-state index contributed by atoms with van der Waals surface area (Å²) >= 11 is 0. The van der Waals surface area contributed by atoms with E-state index < -0.39 is 47.0 Å². The third kappa shape index (κ3) is 10.5. The molecule has 0 bridgehead atoms. The van der Waals surface area contributed by atoms with Crippen LogP contribution in [-0.4, -0.2) is 101 Å². The van der Waals surface area contributed by atoms with Crippen molar-refractivity contribution in [3.8, 4) is 0 Å². The lowest BCUT2D eigenvalue weighted by Crippen LogP contribution is -2.60. The SMILES string of the molecule is CCOC(=O)C(=O)N(CCc1ccccc1)CC1CCCN1C(=O)[C@@H](NC(=O)[C@H](C)N(C)C(=O)OC(C)(C)C)C(C)(C)C. The van der Waals surface area contributed by atoms with Crippen molar-refractivity contribution in [1.29, 1.82) is 0 Å². The summed E-state index contributed by atoms with van der Waals surface area (Å²) < 4.78 is 10.4. The van der Waals surface area contributed by atoms with Crippen LogP contribution in [0.4, 0.5) is 4.79 Å². The zero-order valence-corrected chi connectivity index (χ0v) is 27.3. The standard InChI is InChI=1S/C32H50N4O7/c1-10-42-29(40)28(39)35(20-18-23-15-12-11-13-16-23)21-24-17-14-19-36(24)27(38)25(31(3,4)5)33-26(37)22(2)34(9)30(41)43-32(6,7)8/h11-13,15-16,22,24-25H,10,14,17-21H2,1-9H3,(H,33,37)/t22-,24?,25+/m0/s1. The minimum absolute atomic E-state index is 0.0830. The van der Waals surface area contributed by atoms with Crippen molar-refractivity contribution in [2.75, 3.05) is 33.3 Å². The molecule has 0 radical (unpaired) electrons. The quantitative estimate of drug-likeness (QED) is 0.321. The fourth-order valence-electron chi connectivity index (χ4n) is 4.82. The molecule has 1 aromatic carbocycles. The van der Waals surface area contributed by atoms with Gasteiger partial charge in [-0.1, -0.05) is 51.1 Å². The third-order valence-electron chi connectivity index (χ3n) is 7.38. The van der Waals surface area contributed by atoms with E-state index in [1.165, 1.54) is 16.8 Å². The maximum atomic E-state index is 14.0. The monoisotopic (exact) mass is 602 g/mol. The Labute approximate surface area is 256 Å². The molecule has 1 unspecified atom stereocenters. The number of ether oxygens (including phenoxy) is 2. The molecule has 240 valence electrons. The normalized spacial score (nSPS) is 16.6. The van der Waals surface area contributed by atoms with E-state index in [1.54, 1.807) is 39.5 Å². The number of carbonyl (C=O) groups excluding carboxylic acids is 5. The van der Waals surface area contributed by atoms with Gasteiger partial charge in [0.2, 0.25) is 11.8 Å². The molecule has 1 N–H and O–H groups in total. The first-order chi connectivity index (χ1) is 20.0. The second kappa shape index (κ2) is 15.2. The first kappa shape index (κ1) is 35.6. The van der Waals surface area contributed by atoms with Gasteiger partial charge in [-0.3, -0.25) is 19.3 Å². The number of hydrogen-bond acceptors (Lipinski definition) is 7. The molecular weight excluding hydrogens is 552 g/mol. The smallest absolute Gasteiger partial charge is 0.410 e.